The maximum Gasteiger partial charge on any atom is 0.407 e. The van der Waals surface area contributed by atoms with Crippen LogP contribution in [-0.2, 0) is 14.3 Å². The van der Waals surface area contributed by atoms with Crippen LogP contribution in [0.1, 0.15) is 48.8 Å². The van der Waals surface area contributed by atoms with Gasteiger partial charge in [0.1, 0.15) is 6.61 Å². The summed E-state index contributed by atoms with van der Waals surface area (Å²) in [6.45, 7) is 2.03. The summed E-state index contributed by atoms with van der Waals surface area (Å²) in [4.78, 5) is 24.3. The van der Waals surface area contributed by atoms with Crippen molar-refractivity contribution in [1.82, 2.24) is 5.32 Å². The van der Waals surface area contributed by atoms with Crippen molar-refractivity contribution < 1.29 is 28.3 Å². The van der Waals surface area contributed by atoms with Gasteiger partial charge in [0.2, 0.25) is 0 Å². The van der Waals surface area contributed by atoms with Gasteiger partial charge in [0.05, 0.1) is 11.7 Å². The lowest BCUT2D eigenvalue weighted by Crippen LogP contribution is -2.50. The molecular formula is C23H27NO5. The molecule has 0 heterocycles. The van der Waals surface area contributed by atoms with Crippen LogP contribution in [0.4, 0.5) is 4.79 Å². The number of hydrogen-bond donors (Lipinski definition) is 2. The molecule has 0 radical (unpaired) electrons. The van der Waals surface area contributed by atoms with Crippen molar-refractivity contribution in [3.63, 3.8) is 0 Å². The van der Waals surface area contributed by atoms with E-state index in [-0.39, 0.29) is 12.5 Å². The first kappa shape index (κ1) is 17.0. The number of carbonyl (C=O) groups excluding carboxylic acids is 1. The molecule has 0 bridgehead atoms. The highest BCUT2D eigenvalue weighted by molar-refractivity contribution is 5.81. The number of carbonyl (C=O) groups is 2. The van der Waals surface area contributed by atoms with Gasteiger partial charge >= 0.3 is 12.1 Å². The number of aliphatic carboxylic acids is 1. The lowest BCUT2D eigenvalue weighted by atomic mass is 9.98. The Hall–Kier alpha value is -2.86. The molecule has 2 aromatic carbocycles. The first-order chi connectivity index (χ1) is 14.9. The smallest absolute Gasteiger partial charge is 0.407 e. The molecule has 0 aliphatic heterocycles. The highest BCUT2D eigenvalue weighted by Crippen LogP contribution is 2.44. The van der Waals surface area contributed by atoms with Gasteiger partial charge in [-0.2, -0.15) is 0 Å². The zero-order valence-corrected chi connectivity index (χ0v) is 16.6. The summed E-state index contributed by atoms with van der Waals surface area (Å²) < 4.78 is 33.9. The molecule has 0 saturated heterocycles. The molecule has 154 valence electrons. The third-order valence-corrected chi connectivity index (χ3v) is 4.67. The van der Waals surface area contributed by atoms with Crippen LogP contribution in [-0.4, -0.2) is 41.5 Å². The van der Waals surface area contributed by atoms with E-state index in [1.54, 1.807) is 20.8 Å². The fraction of sp³-hybridized carbons (Fsp3) is 0.391. The average molecular weight is 400 g/mol. The van der Waals surface area contributed by atoms with Crippen molar-refractivity contribution in [1.29, 1.82) is 0 Å². The van der Waals surface area contributed by atoms with E-state index in [4.69, 9.17) is 13.6 Å². The Kier molecular flexibility index (Phi) is 4.85. The number of ether oxygens (including phenoxy) is 2. The molecule has 2 aromatic rings. The fourth-order valence-electron chi connectivity index (χ4n) is 3.48. The van der Waals surface area contributed by atoms with Gasteiger partial charge in [-0.1, -0.05) is 48.5 Å². The molecule has 6 heteroatoms. The van der Waals surface area contributed by atoms with E-state index >= 15 is 0 Å². The molecule has 2 N–H and O–H groups in total. The summed E-state index contributed by atoms with van der Waals surface area (Å²) in [5, 5.41) is 11.8. The SMILES string of the molecule is [2H]C([2H])([2H])[C@H](OC(C)(C)C)[C@@H](NC(=O)OCC1c2ccccc2-c2ccccc21)C(=O)O. The van der Waals surface area contributed by atoms with Crippen LogP contribution in [0.3, 0.4) is 0 Å². The van der Waals surface area contributed by atoms with E-state index < -0.39 is 36.7 Å². The molecule has 0 spiro atoms. The monoisotopic (exact) mass is 400 g/mol. The zero-order chi connectivity index (χ0) is 23.7. The number of nitrogens with one attached hydrogen (secondary N) is 1. The molecule has 0 aromatic heterocycles. The summed E-state index contributed by atoms with van der Waals surface area (Å²) >= 11 is 0. The van der Waals surface area contributed by atoms with Gasteiger partial charge in [0.25, 0.3) is 0 Å². The highest BCUT2D eigenvalue weighted by atomic mass is 16.6. The predicted octanol–water partition coefficient (Wildman–Crippen LogP) is 4.18. The predicted molar refractivity (Wildman–Crippen MR) is 110 cm³/mol. The summed E-state index contributed by atoms with van der Waals surface area (Å²) in [6, 6.07) is 13.8. The molecule has 0 saturated carbocycles. The molecular weight excluding hydrogens is 370 g/mol. The summed E-state index contributed by atoms with van der Waals surface area (Å²) in [5.41, 5.74) is 3.19. The maximum absolute atomic E-state index is 12.5. The molecule has 1 amide bonds. The molecule has 2 atom stereocenters. The van der Waals surface area contributed by atoms with Crippen molar-refractivity contribution in [3.05, 3.63) is 59.7 Å². The minimum Gasteiger partial charge on any atom is -0.480 e. The topological polar surface area (TPSA) is 84.9 Å². The van der Waals surface area contributed by atoms with Gasteiger partial charge < -0.3 is 19.9 Å². The fourth-order valence-corrected chi connectivity index (χ4v) is 3.48. The van der Waals surface area contributed by atoms with Crippen LogP contribution in [0, 0.1) is 0 Å². The summed E-state index contributed by atoms with van der Waals surface area (Å²) in [6.07, 6.45) is -2.77. The number of hydrogen-bond acceptors (Lipinski definition) is 4. The summed E-state index contributed by atoms with van der Waals surface area (Å²) in [7, 11) is 0. The number of amides is 1. The largest absolute Gasteiger partial charge is 0.480 e. The Balaban J connectivity index is 1.75. The van der Waals surface area contributed by atoms with Crippen molar-refractivity contribution >= 4 is 12.1 Å². The van der Waals surface area contributed by atoms with Crippen LogP contribution < -0.4 is 5.32 Å². The van der Waals surface area contributed by atoms with Gasteiger partial charge in [-0.15, -0.1) is 0 Å². The van der Waals surface area contributed by atoms with Gasteiger partial charge in [-0.25, -0.2) is 9.59 Å². The van der Waals surface area contributed by atoms with Gasteiger partial charge in [-0.05, 0) is 49.9 Å². The Morgan fingerprint density at radius 3 is 2.14 bits per heavy atom. The average Bonchev–Trinajstić information content (AvgIpc) is 3.01. The minimum absolute atomic E-state index is 0.0231. The molecule has 1 aliphatic rings. The van der Waals surface area contributed by atoms with E-state index in [1.807, 2.05) is 48.5 Å². The van der Waals surface area contributed by atoms with E-state index in [1.165, 1.54) is 0 Å². The number of rotatable bonds is 6. The standard InChI is InChI=1S/C23H27NO5/c1-14(29-23(2,3)4)20(21(25)26)24-22(27)28-13-19-17-11-7-5-9-15(17)16-10-6-8-12-18(16)19/h5-12,14,19-20H,13H2,1-4H3,(H,24,27)(H,25,26)/t14-,20+/m0/s1/i1D3. The Morgan fingerprint density at radius 1 is 1.10 bits per heavy atom. The third kappa shape index (κ3) is 4.77. The van der Waals surface area contributed by atoms with E-state index in [2.05, 4.69) is 5.32 Å². The van der Waals surface area contributed by atoms with Crippen LogP contribution in [0.25, 0.3) is 11.1 Å². The van der Waals surface area contributed by atoms with E-state index in [0.717, 1.165) is 22.3 Å². The van der Waals surface area contributed by atoms with Crippen LogP contribution in [0.5, 0.6) is 0 Å². The van der Waals surface area contributed by atoms with Crippen molar-refractivity contribution in [3.8, 4) is 11.1 Å². The second-order valence-corrected chi connectivity index (χ2v) is 7.94. The van der Waals surface area contributed by atoms with Crippen molar-refractivity contribution in [2.45, 2.75) is 51.3 Å². The molecule has 0 unspecified atom stereocenters. The van der Waals surface area contributed by atoms with Crippen LogP contribution in [0.2, 0.25) is 0 Å². The number of carboxylic acid groups (broad SMARTS) is 1. The first-order valence-electron chi connectivity index (χ1n) is 10.9. The van der Waals surface area contributed by atoms with Crippen LogP contribution >= 0.6 is 0 Å². The quantitative estimate of drug-likeness (QED) is 0.760. The third-order valence-electron chi connectivity index (χ3n) is 4.67. The first-order valence-corrected chi connectivity index (χ1v) is 9.40. The molecule has 1 aliphatic carbocycles. The van der Waals surface area contributed by atoms with E-state index in [0.29, 0.717) is 0 Å². The number of alkyl carbamates (subject to hydrolysis) is 1. The number of carboxylic acids is 1. The molecule has 0 fully saturated rings. The lowest BCUT2D eigenvalue weighted by Gasteiger charge is -2.29. The second-order valence-electron chi connectivity index (χ2n) is 7.94. The number of fused-ring (bicyclic) bond motifs is 3. The Bertz CT molecular complexity index is 954. The van der Waals surface area contributed by atoms with Gasteiger partial charge in [0.15, 0.2) is 6.04 Å². The van der Waals surface area contributed by atoms with Gasteiger partial charge in [-0.3, -0.25) is 0 Å². The van der Waals surface area contributed by atoms with Crippen molar-refractivity contribution in [2.24, 2.45) is 0 Å². The maximum atomic E-state index is 12.5. The normalized spacial score (nSPS) is 17.1. The van der Waals surface area contributed by atoms with Gasteiger partial charge in [0, 0.05) is 10.0 Å². The van der Waals surface area contributed by atoms with Crippen LogP contribution in [0.15, 0.2) is 48.5 Å². The minimum atomic E-state index is -2.77. The molecule has 3 rings (SSSR count). The molecule has 6 nitrogen and oxygen atoms in total. The van der Waals surface area contributed by atoms with E-state index in [9.17, 15) is 14.7 Å². The van der Waals surface area contributed by atoms with Crippen molar-refractivity contribution in [2.75, 3.05) is 6.61 Å². The Labute approximate surface area is 175 Å². The second kappa shape index (κ2) is 8.25. The number of benzene rings is 2. The highest BCUT2D eigenvalue weighted by Gasteiger charge is 2.32. The molecule has 29 heavy (non-hydrogen) atoms. The summed E-state index contributed by atoms with van der Waals surface area (Å²) in [5.74, 6) is -1.73. The Morgan fingerprint density at radius 2 is 1.66 bits per heavy atom. The lowest BCUT2D eigenvalue weighted by molar-refractivity contribution is -0.147. The zero-order valence-electron chi connectivity index (χ0n) is 19.6.